The monoisotopic (exact) mass is 416 g/mol. The molecule has 7 nitrogen and oxygen atoms in total. The summed E-state index contributed by atoms with van der Waals surface area (Å²) < 4.78 is 7.08. The van der Waals surface area contributed by atoms with Crippen molar-refractivity contribution in [1.29, 1.82) is 0 Å². The lowest BCUT2D eigenvalue weighted by Crippen LogP contribution is -2.27. The van der Waals surface area contributed by atoms with Crippen LogP contribution in [0.4, 0.5) is 5.69 Å². The van der Waals surface area contributed by atoms with Gasteiger partial charge in [-0.3, -0.25) is 9.36 Å². The van der Waals surface area contributed by atoms with Crippen molar-refractivity contribution in [2.45, 2.75) is 42.8 Å². The van der Waals surface area contributed by atoms with E-state index in [0.717, 1.165) is 12.8 Å². The van der Waals surface area contributed by atoms with Gasteiger partial charge in [0.25, 0.3) is 0 Å². The fourth-order valence-corrected chi connectivity index (χ4v) is 3.96. The summed E-state index contributed by atoms with van der Waals surface area (Å²) in [7, 11) is 0. The number of para-hydroxylation sites is 1. The Labute approximate surface area is 164 Å². The summed E-state index contributed by atoms with van der Waals surface area (Å²) in [6.45, 7) is 2.85. The first-order valence-electron chi connectivity index (χ1n) is 8.14. The first kappa shape index (κ1) is 19.3. The van der Waals surface area contributed by atoms with Gasteiger partial charge in [0.2, 0.25) is 5.91 Å². The molecule has 0 saturated carbocycles. The molecular weight excluding hydrogens is 399 g/mol. The summed E-state index contributed by atoms with van der Waals surface area (Å²) in [6, 6.07) is 4.99. The van der Waals surface area contributed by atoms with Crippen LogP contribution in [0, 0.1) is 0 Å². The van der Waals surface area contributed by atoms with Crippen LogP contribution in [0.2, 0.25) is 10.0 Å². The number of carbonyl (C=O) groups excluding carboxylic acids is 1. The van der Waals surface area contributed by atoms with Gasteiger partial charge >= 0.3 is 5.69 Å². The van der Waals surface area contributed by atoms with Gasteiger partial charge in [0.1, 0.15) is 0 Å². The molecular formula is C16H18Cl2N4O3S. The van der Waals surface area contributed by atoms with Crippen LogP contribution < -0.4 is 11.0 Å². The zero-order valence-electron chi connectivity index (χ0n) is 14.0. The van der Waals surface area contributed by atoms with Gasteiger partial charge < -0.3 is 10.1 Å². The maximum atomic E-state index is 12.5. The van der Waals surface area contributed by atoms with E-state index in [-0.39, 0.29) is 17.7 Å². The summed E-state index contributed by atoms with van der Waals surface area (Å²) in [5.74, 6) is -0.288. The number of rotatable bonds is 6. The Hall–Kier alpha value is -1.48. The first-order valence-corrected chi connectivity index (χ1v) is 9.77. The summed E-state index contributed by atoms with van der Waals surface area (Å²) in [5, 5.41) is 9.83. The normalized spacial score (nSPS) is 18.0. The van der Waals surface area contributed by atoms with Crippen LogP contribution in [-0.2, 0) is 16.1 Å². The van der Waals surface area contributed by atoms with Crippen LogP contribution in [-0.4, -0.2) is 38.6 Å². The Kier molecular flexibility index (Phi) is 6.29. The third-order valence-electron chi connectivity index (χ3n) is 4.00. The number of nitrogens with one attached hydrogen (secondary N) is 2. The number of hydrogen-bond donors (Lipinski definition) is 2. The van der Waals surface area contributed by atoms with Crippen molar-refractivity contribution in [1.82, 2.24) is 14.8 Å². The highest BCUT2D eigenvalue weighted by atomic mass is 35.5. The molecule has 0 spiro atoms. The van der Waals surface area contributed by atoms with Gasteiger partial charge in [-0.25, -0.2) is 9.89 Å². The molecule has 2 heterocycles. The van der Waals surface area contributed by atoms with Crippen molar-refractivity contribution >= 4 is 46.6 Å². The van der Waals surface area contributed by atoms with Crippen molar-refractivity contribution in [2.75, 3.05) is 11.9 Å². The van der Waals surface area contributed by atoms with E-state index < -0.39 is 5.25 Å². The number of H-pyrrole nitrogens is 1. The molecule has 26 heavy (non-hydrogen) atoms. The number of amides is 1. The predicted molar refractivity (Wildman–Crippen MR) is 102 cm³/mol. The smallest absolute Gasteiger partial charge is 0.344 e. The molecule has 1 aromatic carbocycles. The van der Waals surface area contributed by atoms with Crippen molar-refractivity contribution in [3.8, 4) is 0 Å². The molecule has 2 aromatic rings. The molecule has 2 N–H and O–H groups in total. The number of nitrogens with zero attached hydrogens (tertiary/aromatic N) is 2. The number of aromatic amines is 1. The topological polar surface area (TPSA) is 89.0 Å². The molecule has 0 unspecified atom stereocenters. The van der Waals surface area contributed by atoms with Crippen molar-refractivity contribution in [3.05, 3.63) is 38.7 Å². The third kappa shape index (κ3) is 4.43. The molecule has 0 radical (unpaired) electrons. The van der Waals surface area contributed by atoms with E-state index in [4.69, 9.17) is 27.9 Å². The van der Waals surface area contributed by atoms with E-state index in [1.165, 1.54) is 16.3 Å². The van der Waals surface area contributed by atoms with E-state index >= 15 is 0 Å². The number of thioether (sulfide) groups is 1. The van der Waals surface area contributed by atoms with Crippen molar-refractivity contribution in [2.24, 2.45) is 0 Å². The van der Waals surface area contributed by atoms with Gasteiger partial charge in [0, 0.05) is 6.61 Å². The van der Waals surface area contributed by atoms with Gasteiger partial charge in [0.05, 0.1) is 33.6 Å². The average Bonchev–Trinajstić information content (AvgIpc) is 3.23. The Morgan fingerprint density at radius 3 is 2.88 bits per heavy atom. The number of hydrogen-bond acceptors (Lipinski definition) is 5. The highest BCUT2D eigenvalue weighted by Crippen LogP contribution is 2.31. The Morgan fingerprint density at radius 1 is 1.50 bits per heavy atom. The first-order chi connectivity index (χ1) is 12.5. The van der Waals surface area contributed by atoms with E-state index in [1.807, 2.05) is 0 Å². The van der Waals surface area contributed by atoms with Crippen LogP contribution in [0.1, 0.15) is 19.8 Å². The van der Waals surface area contributed by atoms with E-state index in [1.54, 1.807) is 25.1 Å². The van der Waals surface area contributed by atoms with E-state index in [2.05, 4.69) is 15.5 Å². The Bertz CT molecular complexity index is 828. The molecule has 140 valence electrons. The minimum absolute atomic E-state index is 0.00397. The standard InChI is InChI=1S/C16H18Cl2N4O3S/c1-9(14(23)19-13-11(17)5-2-6-12(13)18)26-16-21-20-15(24)22(16)8-10-4-3-7-25-10/h2,5-6,9-10H,3-4,7-8H2,1H3,(H,19,23)(H,20,24)/t9-,10-/m1/s1. The van der Waals surface area contributed by atoms with Crippen molar-refractivity contribution in [3.63, 3.8) is 0 Å². The molecule has 1 aliphatic rings. The van der Waals surface area contributed by atoms with Gasteiger partial charge in [-0.1, -0.05) is 41.0 Å². The highest BCUT2D eigenvalue weighted by Gasteiger charge is 2.23. The zero-order valence-corrected chi connectivity index (χ0v) is 16.3. The summed E-state index contributed by atoms with van der Waals surface area (Å²) in [5.41, 5.74) is 0.0526. The summed E-state index contributed by atoms with van der Waals surface area (Å²) >= 11 is 13.3. The number of benzene rings is 1. The second-order valence-corrected chi connectivity index (χ2v) is 8.03. The highest BCUT2D eigenvalue weighted by molar-refractivity contribution is 8.00. The molecule has 1 aliphatic heterocycles. The van der Waals surface area contributed by atoms with Crippen LogP contribution in [0.15, 0.2) is 28.2 Å². The van der Waals surface area contributed by atoms with Crippen LogP contribution >= 0.6 is 35.0 Å². The molecule has 0 bridgehead atoms. The van der Waals surface area contributed by atoms with Gasteiger partial charge in [-0.2, -0.15) is 0 Å². The largest absolute Gasteiger partial charge is 0.376 e. The number of halogens is 2. The Morgan fingerprint density at radius 2 is 2.23 bits per heavy atom. The number of carbonyl (C=O) groups is 1. The van der Waals surface area contributed by atoms with Crippen LogP contribution in [0.3, 0.4) is 0 Å². The second-order valence-electron chi connectivity index (χ2n) is 5.90. The van der Waals surface area contributed by atoms with Crippen LogP contribution in [0.25, 0.3) is 0 Å². The van der Waals surface area contributed by atoms with Gasteiger partial charge in [-0.15, -0.1) is 5.10 Å². The molecule has 1 fully saturated rings. The molecule has 10 heteroatoms. The van der Waals surface area contributed by atoms with E-state index in [0.29, 0.717) is 34.0 Å². The molecule has 0 aliphatic carbocycles. The SMILES string of the molecule is C[C@@H](Sc1n[nH]c(=O)n1C[C@H]1CCCO1)C(=O)Nc1c(Cl)cccc1Cl. The molecule has 2 atom stereocenters. The van der Waals surface area contributed by atoms with E-state index in [9.17, 15) is 9.59 Å². The predicted octanol–water partition coefficient (Wildman–Crippen LogP) is 3.18. The lowest BCUT2D eigenvalue weighted by atomic mass is 10.2. The lowest BCUT2D eigenvalue weighted by Gasteiger charge is -2.15. The molecule has 3 rings (SSSR count). The fourth-order valence-electron chi connectivity index (χ4n) is 2.60. The number of ether oxygens (including phenoxy) is 1. The minimum atomic E-state index is -0.513. The average molecular weight is 417 g/mol. The summed E-state index contributed by atoms with van der Waals surface area (Å²) in [4.78, 5) is 24.5. The van der Waals surface area contributed by atoms with Gasteiger partial charge in [-0.05, 0) is 31.9 Å². The Balaban J connectivity index is 1.68. The van der Waals surface area contributed by atoms with Crippen molar-refractivity contribution < 1.29 is 9.53 Å². The molecule has 1 saturated heterocycles. The third-order valence-corrected chi connectivity index (χ3v) is 5.72. The van der Waals surface area contributed by atoms with Gasteiger partial charge in [0.15, 0.2) is 5.16 Å². The number of aromatic nitrogens is 3. The number of anilines is 1. The minimum Gasteiger partial charge on any atom is -0.376 e. The fraction of sp³-hybridized carbons (Fsp3) is 0.438. The second kappa shape index (κ2) is 8.47. The maximum Gasteiger partial charge on any atom is 0.344 e. The molecule has 1 aromatic heterocycles. The maximum absolute atomic E-state index is 12.5. The quantitative estimate of drug-likeness (QED) is 0.705. The molecule has 1 amide bonds. The zero-order chi connectivity index (χ0) is 18.7. The summed E-state index contributed by atoms with van der Waals surface area (Å²) in [6.07, 6.45) is 1.88. The van der Waals surface area contributed by atoms with Crippen LogP contribution in [0.5, 0.6) is 0 Å². The lowest BCUT2D eigenvalue weighted by molar-refractivity contribution is -0.115.